The fourth-order valence-corrected chi connectivity index (χ4v) is 2.60. The van der Waals surface area contributed by atoms with E-state index in [1.807, 2.05) is 11.8 Å². The minimum absolute atomic E-state index is 0. The third kappa shape index (κ3) is 6.80. The van der Waals surface area contributed by atoms with Crippen molar-refractivity contribution in [3.63, 3.8) is 0 Å². The van der Waals surface area contributed by atoms with Crippen LogP contribution in [0.5, 0.6) is 0 Å². The molecule has 4 heteroatoms. The summed E-state index contributed by atoms with van der Waals surface area (Å²) in [6.07, 6.45) is 3.21. The number of nitrogens with zero attached hydrogens (tertiary/aromatic N) is 1. The number of likely N-dealkylation sites (N-methyl/N-ethyl adjacent to an activating group) is 1. The maximum atomic E-state index is 12.4. The Hall–Kier alpha value is -1.06. The molecule has 2 unspecified atom stereocenters. The molecule has 1 rings (SSSR count). The first-order chi connectivity index (χ1) is 9.97. The summed E-state index contributed by atoms with van der Waals surface area (Å²) < 4.78 is 0. The molecule has 0 aliphatic rings. The standard InChI is InChI=1S/C18H30N2O.ClH/c1-5-17(13-16-10-7-14(3)8-11-16)20(6-2)18(21)12-9-15(4)19;/h7-8,10-11,15,17H,5-6,9,12-13,19H2,1-4H3;1H. The van der Waals surface area contributed by atoms with Crippen molar-refractivity contribution < 1.29 is 4.79 Å². The van der Waals surface area contributed by atoms with Crippen LogP contribution in [-0.4, -0.2) is 29.4 Å². The van der Waals surface area contributed by atoms with Gasteiger partial charge in [-0.3, -0.25) is 4.79 Å². The number of halogens is 1. The lowest BCUT2D eigenvalue weighted by molar-refractivity contribution is -0.133. The van der Waals surface area contributed by atoms with Crippen LogP contribution in [0.25, 0.3) is 0 Å². The first kappa shape index (κ1) is 20.9. The molecule has 0 bridgehead atoms. The van der Waals surface area contributed by atoms with Crippen molar-refractivity contribution in [1.29, 1.82) is 0 Å². The molecule has 1 aromatic carbocycles. The minimum atomic E-state index is 0. The molecule has 0 spiro atoms. The molecule has 1 aromatic rings. The lowest BCUT2D eigenvalue weighted by Gasteiger charge is -2.31. The quantitative estimate of drug-likeness (QED) is 0.791. The van der Waals surface area contributed by atoms with E-state index in [1.165, 1.54) is 11.1 Å². The summed E-state index contributed by atoms with van der Waals surface area (Å²) in [5.74, 6) is 0.230. The van der Waals surface area contributed by atoms with Crippen LogP contribution < -0.4 is 5.73 Å². The Morgan fingerprint density at radius 1 is 1.23 bits per heavy atom. The second kappa shape index (κ2) is 10.6. The van der Waals surface area contributed by atoms with Crippen molar-refractivity contribution in [2.75, 3.05) is 6.54 Å². The molecule has 0 saturated heterocycles. The average molecular weight is 327 g/mol. The van der Waals surface area contributed by atoms with E-state index in [-0.39, 0.29) is 30.4 Å². The summed E-state index contributed by atoms with van der Waals surface area (Å²) in [4.78, 5) is 14.4. The van der Waals surface area contributed by atoms with Gasteiger partial charge in [-0.2, -0.15) is 0 Å². The zero-order chi connectivity index (χ0) is 15.8. The first-order valence-corrected chi connectivity index (χ1v) is 8.08. The van der Waals surface area contributed by atoms with E-state index in [9.17, 15) is 4.79 Å². The fourth-order valence-electron chi connectivity index (χ4n) is 2.60. The second-order valence-corrected chi connectivity index (χ2v) is 5.95. The zero-order valence-corrected chi connectivity index (χ0v) is 15.2. The van der Waals surface area contributed by atoms with E-state index in [0.29, 0.717) is 6.42 Å². The van der Waals surface area contributed by atoms with Crippen LogP contribution in [0.4, 0.5) is 0 Å². The van der Waals surface area contributed by atoms with Gasteiger partial charge in [-0.15, -0.1) is 12.4 Å². The molecular formula is C18H31ClN2O. The Bertz CT molecular complexity index is 431. The second-order valence-electron chi connectivity index (χ2n) is 5.95. The van der Waals surface area contributed by atoms with Crippen molar-refractivity contribution in [2.45, 2.75) is 65.5 Å². The van der Waals surface area contributed by atoms with Crippen LogP contribution in [0.1, 0.15) is 51.2 Å². The summed E-state index contributed by atoms with van der Waals surface area (Å²) in [6, 6.07) is 8.96. The SMILES string of the molecule is CCC(Cc1ccc(C)cc1)N(CC)C(=O)CCC(C)N.Cl. The van der Waals surface area contributed by atoms with Gasteiger partial charge in [0.15, 0.2) is 0 Å². The predicted molar refractivity (Wildman–Crippen MR) is 96.5 cm³/mol. The van der Waals surface area contributed by atoms with E-state index in [0.717, 1.165) is 25.8 Å². The summed E-state index contributed by atoms with van der Waals surface area (Å²) >= 11 is 0. The number of benzene rings is 1. The van der Waals surface area contributed by atoms with Crippen molar-refractivity contribution in [3.8, 4) is 0 Å². The molecule has 126 valence electrons. The summed E-state index contributed by atoms with van der Waals surface area (Å²) in [5.41, 5.74) is 8.33. The Labute approximate surface area is 141 Å². The first-order valence-electron chi connectivity index (χ1n) is 8.08. The zero-order valence-electron chi connectivity index (χ0n) is 14.3. The molecule has 2 N–H and O–H groups in total. The predicted octanol–water partition coefficient (Wildman–Crippen LogP) is 3.71. The number of aryl methyl sites for hydroxylation is 1. The van der Waals surface area contributed by atoms with Gasteiger partial charge in [0.05, 0.1) is 0 Å². The number of carbonyl (C=O) groups excluding carboxylic acids is 1. The van der Waals surface area contributed by atoms with Gasteiger partial charge in [0.25, 0.3) is 0 Å². The molecule has 0 fully saturated rings. The van der Waals surface area contributed by atoms with Gasteiger partial charge in [0, 0.05) is 25.0 Å². The molecule has 22 heavy (non-hydrogen) atoms. The lowest BCUT2D eigenvalue weighted by Crippen LogP contribution is -2.41. The topological polar surface area (TPSA) is 46.3 Å². The number of hydrogen-bond donors (Lipinski definition) is 1. The van der Waals surface area contributed by atoms with Gasteiger partial charge in [-0.25, -0.2) is 0 Å². The van der Waals surface area contributed by atoms with Crippen LogP contribution in [-0.2, 0) is 11.2 Å². The molecule has 0 saturated carbocycles. The van der Waals surface area contributed by atoms with Crippen LogP contribution in [0.2, 0.25) is 0 Å². The molecule has 1 amide bonds. The Kier molecular flexibility index (Phi) is 10.1. The third-order valence-electron chi connectivity index (χ3n) is 3.98. The highest BCUT2D eigenvalue weighted by molar-refractivity contribution is 5.85. The van der Waals surface area contributed by atoms with E-state index in [1.54, 1.807) is 0 Å². The third-order valence-corrected chi connectivity index (χ3v) is 3.98. The highest BCUT2D eigenvalue weighted by Gasteiger charge is 2.21. The smallest absolute Gasteiger partial charge is 0.222 e. The Balaban J connectivity index is 0.00000441. The Morgan fingerprint density at radius 2 is 1.82 bits per heavy atom. The van der Waals surface area contributed by atoms with Crippen LogP contribution in [0.15, 0.2) is 24.3 Å². The molecular weight excluding hydrogens is 296 g/mol. The Morgan fingerprint density at radius 3 is 2.27 bits per heavy atom. The summed E-state index contributed by atoms with van der Waals surface area (Å²) in [7, 11) is 0. The van der Waals surface area contributed by atoms with Crippen molar-refractivity contribution in [1.82, 2.24) is 4.90 Å². The summed E-state index contributed by atoms with van der Waals surface area (Å²) in [6.45, 7) is 9.02. The molecule has 0 aromatic heterocycles. The van der Waals surface area contributed by atoms with Gasteiger partial charge in [0.1, 0.15) is 0 Å². The van der Waals surface area contributed by atoms with E-state index in [4.69, 9.17) is 5.73 Å². The highest BCUT2D eigenvalue weighted by Crippen LogP contribution is 2.15. The fraction of sp³-hybridized carbons (Fsp3) is 0.611. The van der Waals surface area contributed by atoms with Gasteiger partial charge < -0.3 is 10.6 Å². The largest absolute Gasteiger partial charge is 0.340 e. The monoisotopic (exact) mass is 326 g/mol. The van der Waals surface area contributed by atoms with Crippen molar-refractivity contribution in [2.24, 2.45) is 5.73 Å². The van der Waals surface area contributed by atoms with Crippen LogP contribution in [0, 0.1) is 6.92 Å². The van der Waals surface area contributed by atoms with Crippen LogP contribution >= 0.6 is 12.4 Å². The lowest BCUT2D eigenvalue weighted by atomic mass is 10.0. The van der Waals surface area contributed by atoms with E-state index in [2.05, 4.69) is 45.0 Å². The number of amides is 1. The molecule has 0 heterocycles. The average Bonchev–Trinajstić information content (AvgIpc) is 2.46. The minimum Gasteiger partial charge on any atom is -0.340 e. The maximum absolute atomic E-state index is 12.4. The number of rotatable bonds is 8. The van der Waals surface area contributed by atoms with Crippen LogP contribution in [0.3, 0.4) is 0 Å². The van der Waals surface area contributed by atoms with E-state index >= 15 is 0 Å². The van der Waals surface area contributed by atoms with Crippen molar-refractivity contribution >= 4 is 18.3 Å². The number of nitrogens with two attached hydrogens (primary N) is 1. The number of carbonyl (C=O) groups is 1. The van der Waals surface area contributed by atoms with Gasteiger partial charge in [-0.05, 0) is 45.6 Å². The normalized spacial score (nSPS) is 13.1. The van der Waals surface area contributed by atoms with Crippen molar-refractivity contribution in [3.05, 3.63) is 35.4 Å². The van der Waals surface area contributed by atoms with E-state index < -0.39 is 0 Å². The molecule has 3 nitrogen and oxygen atoms in total. The maximum Gasteiger partial charge on any atom is 0.222 e. The molecule has 0 aliphatic carbocycles. The molecule has 0 aliphatic heterocycles. The highest BCUT2D eigenvalue weighted by atomic mass is 35.5. The summed E-state index contributed by atoms with van der Waals surface area (Å²) in [5, 5.41) is 0. The van der Waals surface area contributed by atoms with Gasteiger partial charge >= 0.3 is 0 Å². The molecule has 2 atom stereocenters. The molecule has 0 radical (unpaired) electrons. The number of hydrogen-bond acceptors (Lipinski definition) is 2. The van der Waals surface area contributed by atoms with Gasteiger partial charge in [-0.1, -0.05) is 36.8 Å². The van der Waals surface area contributed by atoms with Gasteiger partial charge in [0.2, 0.25) is 5.91 Å².